The average Bonchev–Trinajstić information content (AvgIpc) is 2.57. The van der Waals surface area contributed by atoms with E-state index in [2.05, 4.69) is 10.6 Å². The smallest absolute Gasteiger partial charge is 0.251 e. The maximum absolute atomic E-state index is 12.2. The van der Waals surface area contributed by atoms with Gasteiger partial charge in [-0.05, 0) is 35.4 Å². The molecule has 0 aromatic heterocycles. The molecule has 1 unspecified atom stereocenters. The first-order valence-electron chi connectivity index (χ1n) is 7.72. The zero-order chi connectivity index (χ0) is 15.8. The fourth-order valence-corrected chi connectivity index (χ4v) is 3.09. The van der Waals surface area contributed by atoms with Crippen LogP contribution in [-0.4, -0.2) is 24.6 Å². The van der Waals surface area contributed by atoms with E-state index < -0.39 is 0 Å². The van der Waals surface area contributed by atoms with Gasteiger partial charge >= 0.3 is 0 Å². The van der Waals surface area contributed by atoms with Crippen LogP contribution in [0, 0.1) is 0 Å². The molecule has 2 aliphatic rings. The van der Waals surface area contributed by atoms with Crippen LogP contribution in [0.5, 0.6) is 0 Å². The molecule has 0 saturated carbocycles. The van der Waals surface area contributed by atoms with Gasteiger partial charge in [-0.3, -0.25) is 4.79 Å². The molecule has 4 nitrogen and oxygen atoms in total. The predicted molar refractivity (Wildman–Crippen MR) is 88.5 cm³/mol. The first-order valence-corrected chi connectivity index (χ1v) is 8.10. The maximum Gasteiger partial charge on any atom is 0.251 e. The van der Waals surface area contributed by atoms with E-state index in [-0.39, 0.29) is 12.0 Å². The summed E-state index contributed by atoms with van der Waals surface area (Å²) in [6, 6.07) is 15.5. The molecule has 1 amide bonds. The Morgan fingerprint density at radius 2 is 1.91 bits per heavy atom. The Kier molecular flexibility index (Phi) is 3.81. The van der Waals surface area contributed by atoms with Gasteiger partial charge in [-0.1, -0.05) is 35.9 Å². The standard InChI is InChI=1S/C18H17ClN2O2/c19-14-7-1-11(2-8-14)9-21-18(22)13-5-3-12(4-6-13)17-16-15(23-17)10-20-16/h1-8,15-17,20H,9-10H2,(H,21,22)/t15?,16-,17+/m1/s1. The number of fused-ring (bicyclic) bond motifs is 1. The molecule has 2 aromatic carbocycles. The van der Waals surface area contributed by atoms with Crippen LogP contribution in [0.2, 0.25) is 5.02 Å². The zero-order valence-corrected chi connectivity index (χ0v) is 13.2. The van der Waals surface area contributed by atoms with Crippen molar-refractivity contribution in [3.05, 3.63) is 70.2 Å². The van der Waals surface area contributed by atoms with Gasteiger partial charge in [0.25, 0.3) is 5.91 Å². The van der Waals surface area contributed by atoms with E-state index in [9.17, 15) is 4.79 Å². The summed E-state index contributed by atoms with van der Waals surface area (Å²) >= 11 is 5.85. The molecule has 0 aliphatic carbocycles. The van der Waals surface area contributed by atoms with Crippen LogP contribution in [0.25, 0.3) is 0 Å². The summed E-state index contributed by atoms with van der Waals surface area (Å²) < 4.78 is 5.77. The van der Waals surface area contributed by atoms with Gasteiger partial charge in [-0.25, -0.2) is 0 Å². The summed E-state index contributed by atoms with van der Waals surface area (Å²) in [6.07, 6.45) is 0.502. The fourth-order valence-electron chi connectivity index (χ4n) is 2.97. The molecule has 23 heavy (non-hydrogen) atoms. The minimum atomic E-state index is -0.0827. The molecular formula is C18H17ClN2O2. The number of ether oxygens (including phenoxy) is 1. The summed E-state index contributed by atoms with van der Waals surface area (Å²) in [4.78, 5) is 12.2. The first-order chi connectivity index (χ1) is 11.2. The van der Waals surface area contributed by atoms with Crippen LogP contribution in [-0.2, 0) is 11.3 Å². The molecule has 3 atom stereocenters. The topological polar surface area (TPSA) is 50.4 Å². The number of halogens is 1. The molecule has 2 aromatic rings. The van der Waals surface area contributed by atoms with Crippen molar-refractivity contribution in [2.75, 3.05) is 6.54 Å². The second-order valence-corrected chi connectivity index (χ2v) is 6.40. The van der Waals surface area contributed by atoms with Crippen molar-refractivity contribution >= 4 is 17.5 Å². The normalized spacial score (nSPS) is 25.0. The quantitative estimate of drug-likeness (QED) is 0.907. The molecule has 5 heteroatoms. The SMILES string of the molecule is O=C(NCc1ccc(Cl)cc1)c1ccc([C@@H]2OC3CN[C@H]32)cc1. The van der Waals surface area contributed by atoms with Gasteiger partial charge in [0.1, 0.15) is 6.10 Å². The molecule has 118 valence electrons. The lowest BCUT2D eigenvalue weighted by atomic mass is 9.86. The zero-order valence-electron chi connectivity index (χ0n) is 12.5. The van der Waals surface area contributed by atoms with Crippen LogP contribution in [0.3, 0.4) is 0 Å². The van der Waals surface area contributed by atoms with Gasteiger partial charge < -0.3 is 15.4 Å². The molecular weight excluding hydrogens is 312 g/mol. The highest BCUT2D eigenvalue weighted by Gasteiger charge is 2.49. The largest absolute Gasteiger partial charge is 0.365 e. The third-order valence-corrected chi connectivity index (χ3v) is 4.72. The lowest BCUT2D eigenvalue weighted by Gasteiger charge is -2.53. The number of nitrogens with one attached hydrogen (secondary N) is 2. The molecule has 0 bridgehead atoms. The average molecular weight is 329 g/mol. The number of hydrogen-bond donors (Lipinski definition) is 2. The number of carbonyl (C=O) groups excluding carboxylic acids is 1. The van der Waals surface area contributed by atoms with Crippen molar-refractivity contribution in [2.24, 2.45) is 0 Å². The third kappa shape index (κ3) is 2.85. The first kappa shape index (κ1) is 14.7. The van der Waals surface area contributed by atoms with E-state index >= 15 is 0 Å². The van der Waals surface area contributed by atoms with Gasteiger partial charge in [0.05, 0.1) is 12.1 Å². The number of rotatable bonds is 4. The lowest BCUT2D eigenvalue weighted by Crippen LogP contribution is -2.69. The monoisotopic (exact) mass is 328 g/mol. The summed E-state index contributed by atoms with van der Waals surface area (Å²) in [6.45, 7) is 1.43. The molecule has 2 fully saturated rings. The number of morpholine rings is 1. The highest BCUT2D eigenvalue weighted by molar-refractivity contribution is 6.30. The Morgan fingerprint density at radius 3 is 2.48 bits per heavy atom. The van der Waals surface area contributed by atoms with Crippen molar-refractivity contribution < 1.29 is 9.53 Å². The van der Waals surface area contributed by atoms with Crippen molar-refractivity contribution in [1.29, 1.82) is 0 Å². The Morgan fingerprint density at radius 1 is 1.17 bits per heavy atom. The van der Waals surface area contributed by atoms with Crippen LogP contribution in [0.1, 0.15) is 27.6 Å². The minimum absolute atomic E-state index is 0.0827. The summed E-state index contributed by atoms with van der Waals surface area (Å²) in [7, 11) is 0. The van der Waals surface area contributed by atoms with Crippen LogP contribution in [0.4, 0.5) is 0 Å². The minimum Gasteiger partial charge on any atom is -0.365 e. The van der Waals surface area contributed by atoms with Crippen LogP contribution < -0.4 is 10.6 Å². The van der Waals surface area contributed by atoms with Gasteiger partial charge in [-0.2, -0.15) is 0 Å². The number of benzene rings is 2. The van der Waals surface area contributed by atoms with Gasteiger partial charge in [0.15, 0.2) is 0 Å². The Balaban J connectivity index is 1.35. The van der Waals surface area contributed by atoms with Gasteiger partial charge in [0.2, 0.25) is 0 Å². The van der Waals surface area contributed by atoms with Crippen LogP contribution >= 0.6 is 11.6 Å². The molecule has 2 heterocycles. The lowest BCUT2D eigenvalue weighted by molar-refractivity contribution is -0.203. The fraction of sp³-hybridized carbons (Fsp3) is 0.278. The van der Waals surface area contributed by atoms with Gasteiger partial charge in [0, 0.05) is 23.7 Å². The Labute approximate surface area is 139 Å². The highest BCUT2D eigenvalue weighted by Crippen LogP contribution is 2.39. The molecule has 2 N–H and O–H groups in total. The van der Waals surface area contributed by atoms with E-state index in [0.29, 0.717) is 29.3 Å². The van der Waals surface area contributed by atoms with Crippen molar-refractivity contribution in [2.45, 2.75) is 24.8 Å². The Bertz CT molecular complexity index is 715. The summed E-state index contributed by atoms with van der Waals surface area (Å²) in [5, 5.41) is 6.96. The highest BCUT2D eigenvalue weighted by atomic mass is 35.5. The van der Waals surface area contributed by atoms with Crippen molar-refractivity contribution in [1.82, 2.24) is 10.6 Å². The Hall–Kier alpha value is -1.88. The molecule has 2 saturated heterocycles. The second-order valence-electron chi connectivity index (χ2n) is 5.96. The van der Waals surface area contributed by atoms with Crippen molar-refractivity contribution in [3.63, 3.8) is 0 Å². The predicted octanol–water partition coefficient (Wildman–Crippen LogP) is 2.68. The van der Waals surface area contributed by atoms with E-state index in [0.717, 1.165) is 17.7 Å². The molecule has 4 rings (SSSR count). The van der Waals surface area contributed by atoms with E-state index in [4.69, 9.17) is 16.3 Å². The van der Waals surface area contributed by atoms with E-state index in [1.54, 1.807) is 0 Å². The summed E-state index contributed by atoms with van der Waals surface area (Å²) in [5.41, 5.74) is 2.79. The van der Waals surface area contributed by atoms with Crippen molar-refractivity contribution in [3.8, 4) is 0 Å². The molecule has 0 radical (unpaired) electrons. The molecule has 0 spiro atoms. The molecule has 2 aliphatic heterocycles. The van der Waals surface area contributed by atoms with Crippen LogP contribution in [0.15, 0.2) is 48.5 Å². The number of hydrogen-bond acceptors (Lipinski definition) is 3. The third-order valence-electron chi connectivity index (χ3n) is 4.47. The van der Waals surface area contributed by atoms with E-state index in [1.165, 1.54) is 0 Å². The number of carbonyl (C=O) groups is 1. The van der Waals surface area contributed by atoms with Gasteiger partial charge in [-0.15, -0.1) is 0 Å². The van der Waals surface area contributed by atoms with E-state index in [1.807, 2.05) is 48.5 Å². The second kappa shape index (κ2) is 5.96. The summed E-state index contributed by atoms with van der Waals surface area (Å²) in [5.74, 6) is -0.0827. The number of amides is 1. The maximum atomic E-state index is 12.2.